The lowest BCUT2D eigenvalue weighted by Crippen LogP contribution is -2.27. The fraction of sp³-hybridized carbons (Fsp3) is 0.233. The summed E-state index contributed by atoms with van der Waals surface area (Å²) in [6.45, 7) is 1.84. The lowest BCUT2D eigenvalue weighted by atomic mass is 9.95. The molecule has 2 unspecified atom stereocenters. The Hall–Kier alpha value is -4.37. The lowest BCUT2D eigenvalue weighted by Gasteiger charge is -2.23. The van der Waals surface area contributed by atoms with Crippen molar-refractivity contribution in [3.63, 3.8) is 0 Å². The number of aromatic nitrogens is 3. The van der Waals surface area contributed by atoms with E-state index in [0.29, 0.717) is 52.4 Å². The van der Waals surface area contributed by atoms with E-state index in [1.165, 1.54) is 42.3 Å². The predicted molar refractivity (Wildman–Crippen MR) is 150 cm³/mol. The summed E-state index contributed by atoms with van der Waals surface area (Å²) in [5.74, 6) is -1.48. The number of pyridine rings is 1. The Bertz CT molecular complexity index is 1670. The molecule has 3 heterocycles. The molecule has 0 saturated heterocycles. The second-order valence-electron chi connectivity index (χ2n) is 9.70. The van der Waals surface area contributed by atoms with Gasteiger partial charge < -0.3 is 10.1 Å². The van der Waals surface area contributed by atoms with Gasteiger partial charge in [0, 0.05) is 40.0 Å². The number of fused-ring (bicyclic) bond motifs is 4. The number of esters is 1. The molecule has 2 aromatic carbocycles. The fourth-order valence-corrected chi connectivity index (χ4v) is 5.08. The third kappa shape index (κ3) is 5.51. The van der Waals surface area contributed by atoms with Gasteiger partial charge in [-0.3, -0.25) is 19.1 Å². The molecule has 1 aliphatic rings. The number of anilines is 1. The van der Waals surface area contributed by atoms with Crippen molar-refractivity contribution < 1.29 is 18.7 Å². The maximum atomic E-state index is 14.3. The van der Waals surface area contributed by atoms with Gasteiger partial charge in [-0.1, -0.05) is 24.9 Å². The number of carbonyl (C=O) groups excluding carboxylic acids is 2. The number of hydrogen-bond donors (Lipinski definition) is 1. The topological polar surface area (TPSA) is 103 Å². The Morgan fingerprint density at radius 2 is 1.88 bits per heavy atom. The zero-order valence-corrected chi connectivity index (χ0v) is 22.6. The van der Waals surface area contributed by atoms with E-state index in [1.54, 1.807) is 36.5 Å². The van der Waals surface area contributed by atoms with Crippen molar-refractivity contribution in [2.24, 2.45) is 5.92 Å². The van der Waals surface area contributed by atoms with Gasteiger partial charge in [0.15, 0.2) is 0 Å². The first kappa shape index (κ1) is 27.2. The van der Waals surface area contributed by atoms with Crippen molar-refractivity contribution >= 4 is 29.2 Å². The number of halogens is 2. The molecular weight excluding hydrogens is 535 g/mol. The summed E-state index contributed by atoms with van der Waals surface area (Å²) < 4.78 is 20.6. The van der Waals surface area contributed by atoms with E-state index in [0.717, 1.165) is 0 Å². The van der Waals surface area contributed by atoms with E-state index in [-0.39, 0.29) is 28.6 Å². The zero-order valence-electron chi connectivity index (χ0n) is 21.9. The van der Waals surface area contributed by atoms with Gasteiger partial charge in [0.2, 0.25) is 5.91 Å². The minimum absolute atomic E-state index is 0.162. The van der Waals surface area contributed by atoms with Crippen LogP contribution in [-0.2, 0) is 9.53 Å². The van der Waals surface area contributed by atoms with Crippen molar-refractivity contribution in [1.29, 1.82) is 0 Å². The molecule has 1 N–H and O–H groups in total. The second-order valence-corrected chi connectivity index (χ2v) is 10.1. The van der Waals surface area contributed by atoms with E-state index in [4.69, 9.17) is 16.3 Å². The third-order valence-corrected chi connectivity index (χ3v) is 7.30. The first-order valence-electron chi connectivity index (χ1n) is 12.8. The highest BCUT2D eigenvalue weighted by Crippen LogP contribution is 2.33. The van der Waals surface area contributed by atoms with E-state index in [1.807, 2.05) is 6.92 Å². The maximum absolute atomic E-state index is 14.3. The van der Waals surface area contributed by atoms with Crippen LogP contribution in [0.3, 0.4) is 0 Å². The van der Waals surface area contributed by atoms with Crippen LogP contribution in [0.5, 0.6) is 0 Å². The van der Waals surface area contributed by atoms with Crippen LogP contribution in [0.4, 0.5) is 10.1 Å². The van der Waals surface area contributed by atoms with Gasteiger partial charge in [-0.05, 0) is 66.9 Å². The largest absolute Gasteiger partial charge is 0.465 e. The fourth-order valence-electron chi connectivity index (χ4n) is 4.90. The van der Waals surface area contributed by atoms with Gasteiger partial charge in [-0.25, -0.2) is 14.2 Å². The van der Waals surface area contributed by atoms with Crippen LogP contribution in [0, 0.1) is 11.7 Å². The Morgan fingerprint density at radius 3 is 2.65 bits per heavy atom. The summed E-state index contributed by atoms with van der Waals surface area (Å²) in [4.78, 5) is 47.8. The molecule has 8 nitrogen and oxygen atoms in total. The first-order chi connectivity index (χ1) is 19.2. The number of benzene rings is 2. The van der Waals surface area contributed by atoms with Crippen molar-refractivity contribution in [3.8, 4) is 22.4 Å². The van der Waals surface area contributed by atoms with Gasteiger partial charge >= 0.3 is 5.97 Å². The Balaban J connectivity index is 1.61. The van der Waals surface area contributed by atoms with Crippen molar-refractivity contribution in [2.45, 2.75) is 32.2 Å². The van der Waals surface area contributed by atoms with Crippen LogP contribution >= 0.6 is 11.6 Å². The molecule has 2 bridgehead atoms. The molecular formula is C30H26ClFN4O4. The van der Waals surface area contributed by atoms with E-state index in [2.05, 4.69) is 15.3 Å². The summed E-state index contributed by atoms with van der Waals surface area (Å²) >= 11 is 6.18. The smallest absolute Gasteiger partial charge is 0.338 e. The molecule has 0 saturated carbocycles. The molecule has 2 aromatic heterocycles. The number of nitrogens with zero attached hydrogens (tertiary/aromatic N) is 3. The molecule has 0 spiro atoms. The molecule has 0 radical (unpaired) electrons. The van der Waals surface area contributed by atoms with E-state index < -0.39 is 17.8 Å². The second kappa shape index (κ2) is 11.4. The van der Waals surface area contributed by atoms with Crippen LogP contribution < -0.4 is 10.9 Å². The quantitative estimate of drug-likeness (QED) is 0.313. The Kier molecular flexibility index (Phi) is 7.75. The van der Waals surface area contributed by atoms with Gasteiger partial charge in [0.1, 0.15) is 5.82 Å². The predicted octanol–water partition coefficient (Wildman–Crippen LogP) is 5.90. The van der Waals surface area contributed by atoms with Crippen LogP contribution in [0.25, 0.3) is 22.4 Å². The number of rotatable bonds is 3. The molecule has 40 heavy (non-hydrogen) atoms. The van der Waals surface area contributed by atoms with Crippen LogP contribution in [0.15, 0.2) is 71.9 Å². The molecule has 0 fully saturated rings. The Morgan fingerprint density at radius 1 is 1.05 bits per heavy atom. The highest BCUT2D eigenvalue weighted by Gasteiger charge is 2.23. The molecule has 5 rings (SSSR count). The van der Waals surface area contributed by atoms with Gasteiger partial charge in [-0.2, -0.15) is 0 Å². The molecule has 1 aliphatic heterocycles. The van der Waals surface area contributed by atoms with E-state index >= 15 is 0 Å². The minimum Gasteiger partial charge on any atom is -0.465 e. The SMILES string of the molecule is COC(=O)c1ccc(Cl)cc1-c1cc(=O)n(C2CCCC(C)C(=O)Nc3ccc(F)cc3-c3ccnc2c3)cn1. The summed E-state index contributed by atoms with van der Waals surface area (Å²) in [6, 6.07) is 13.2. The van der Waals surface area contributed by atoms with E-state index in [9.17, 15) is 18.8 Å². The molecule has 0 aliphatic carbocycles. The number of hydrogen-bond acceptors (Lipinski definition) is 6. The average Bonchev–Trinajstić information content (AvgIpc) is 2.95. The highest BCUT2D eigenvalue weighted by molar-refractivity contribution is 6.31. The average molecular weight is 561 g/mol. The molecule has 1 amide bonds. The summed E-state index contributed by atoms with van der Waals surface area (Å²) in [6.07, 6.45) is 4.74. The maximum Gasteiger partial charge on any atom is 0.338 e. The van der Waals surface area contributed by atoms with Crippen molar-refractivity contribution in [1.82, 2.24) is 14.5 Å². The molecule has 4 aromatic rings. The number of nitrogens with one attached hydrogen (secondary N) is 1. The number of amides is 1. The minimum atomic E-state index is -0.576. The van der Waals surface area contributed by atoms with Gasteiger partial charge in [0.25, 0.3) is 5.56 Å². The van der Waals surface area contributed by atoms with Crippen molar-refractivity contribution in [3.05, 3.63) is 99.6 Å². The highest BCUT2D eigenvalue weighted by atomic mass is 35.5. The molecule has 204 valence electrons. The normalized spacial score (nSPS) is 17.1. The number of methoxy groups -OCH3 is 1. The van der Waals surface area contributed by atoms with Crippen LogP contribution in [0.1, 0.15) is 48.3 Å². The standard InChI is InChI=1S/C30H26ClFN4O4/c1-17-4-3-5-27(26-12-18(10-11-33-26)22-14-20(32)7-9-24(22)35-29(17)38)36-16-34-25(15-28(36)37)23-13-19(31)6-8-21(23)30(39)40-2/h6-17,27H,3-5H2,1-2H3,(H,35,38). The summed E-state index contributed by atoms with van der Waals surface area (Å²) in [5, 5.41) is 3.30. The zero-order chi connectivity index (χ0) is 28.4. The molecule has 10 heteroatoms. The lowest BCUT2D eigenvalue weighted by molar-refractivity contribution is -0.119. The summed E-state index contributed by atoms with van der Waals surface area (Å²) in [7, 11) is 1.27. The molecule has 2 atom stereocenters. The first-order valence-corrected chi connectivity index (χ1v) is 13.2. The Labute approximate surface area is 234 Å². The number of ether oxygens (including phenoxy) is 1. The van der Waals surface area contributed by atoms with Gasteiger partial charge in [0.05, 0.1) is 36.4 Å². The summed E-state index contributed by atoms with van der Waals surface area (Å²) in [5.41, 5.74) is 2.78. The number of carbonyl (C=O) groups is 2. The third-order valence-electron chi connectivity index (χ3n) is 7.07. The van der Waals surface area contributed by atoms with Crippen LogP contribution in [0.2, 0.25) is 5.02 Å². The van der Waals surface area contributed by atoms with Gasteiger partial charge in [-0.15, -0.1) is 0 Å². The van der Waals surface area contributed by atoms with Crippen molar-refractivity contribution in [2.75, 3.05) is 12.4 Å². The van der Waals surface area contributed by atoms with Crippen LogP contribution in [-0.4, -0.2) is 33.5 Å². The monoisotopic (exact) mass is 560 g/mol.